The summed E-state index contributed by atoms with van der Waals surface area (Å²) in [5, 5.41) is 7.43. The molecule has 2 amide bonds. The molecule has 0 bridgehead atoms. The zero-order chi connectivity index (χ0) is 22.6. The van der Waals surface area contributed by atoms with Gasteiger partial charge in [0.25, 0.3) is 5.91 Å². The van der Waals surface area contributed by atoms with Crippen LogP contribution in [0.4, 0.5) is 23.0 Å². The second-order valence-electron chi connectivity index (χ2n) is 7.95. The summed E-state index contributed by atoms with van der Waals surface area (Å²) in [7, 11) is 0. The second-order valence-corrected chi connectivity index (χ2v) is 9.70. The summed E-state index contributed by atoms with van der Waals surface area (Å²) in [6, 6.07) is 10.8. The monoisotopic (exact) mass is 485 g/mol. The summed E-state index contributed by atoms with van der Waals surface area (Å²) >= 11 is 14.0. The second kappa shape index (κ2) is 7.65. The summed E-state index contributed by atoms with van der Waals surface area (Å²) in [5.74, 6) is 0.387. The van der Waals surface area contributed by atoms with E-state index in [0.717, 1.165) is 16.9 Å². The van der Waals surface area contributed by atoms with Crippen LogP contribution in [0.2, 0.25) is 10.0 Å². The molecule has 0 radical (unpaired) electrons. The highest BCUT2D eigenvalue weighted by Crippen LogP contribution is 2.41. The fourth-order valence-corrected chi connectivity index (χ4v) is 5.27. The van der Waals surface area contributed by atoms with Gasteiger partial charge in [-0.3, -0.25) is 14.5 Å². The smallest absolute Gasteiger partial charge is 0.263 e. The van der Waals surface area contributed by atoms with Crippen molar-refractivity contribution in [3.05, 3.63) is 63.8 Å². The summed E-state index contributed by atoms with van der Waals surface area (Å²) in [5.41, 5.74) is 2.73. The number of hydrogen-bond donors (Lipinski definition) is 2. The molecule has 0 aliphatic carbocycles. The Hall–Kier alpha value is -2.81. The van der Waals surface area contributed by atoms with Crippen molar-refractivity contribution in [2.24, 2.45) is 0 Å². The van der Waals surface area contributed by atoms with Gasteiger partial charge in [-0.15, -0.1) is 0 Å². The first-order valence-electron chi connectivity index (χ1n) is 9.74. The fourth-order valence-electron chi connectivity index (χ4n) is 3.73. The highest BCUT2D eigenvalue weighted by atomic mass is 35.5. The van der Waals surface area contributed by atoms with Crippen LogP contribution in [0.15, 0.2) is 47.6 Å². The lowest BCUT2D eigenvalue weighted by Gasteiger charge is -2.28. The van der Waals surface area contributed by atoms with Gasteiger partial charge in [0.1, 0.15) is 5.03 Å². The minimum absolute atomic E-state index is 0.0345. The molecule has 3 aromatic rings. The Labute approximate surface area is 198 Å². The molecule has 32 heavy (non-hydrogen) atoms. The van der Waals surface area contributed by atoms with Crippen LogP contribution < -0.4 is 15.5 Å². The average molecular weight is 486 g/mol. The van der Waals surface area contributed by atoms with Crippen molar-refractivity contribution >= 4 is 69.8 Å². The molecule has 0 spiro atoms. The number of rotatable bonds is 3. The zero-order valence-corrected chi connectivity index (χ0v) is 19.4. The van der Waals surface area contributed by atoms with E-state index in [0.29, 0.717) is 38.1 Å². The van der Waals surface area contributed by atoms with E-state index in [-0.39, 0.29) is 11.8 Å². The Morgan fingerprint density at radius 3 is 2.66 bits per heavy atom. The SMILES string of the molecule is CC1(C)C(=O)Nc2cc(Nc3ncc4c(n3)SCN(c3c(Cl)cccc3Cl)C4=O)ccc21. The van der Waals surface area contributed by atoms with Crippen molar-refractivity contribution in [2.75, 3.05) is 21.4 Å². The third-order valence-electron chi connectivity index (χ3n) is 5.53. The van der Waals surface area contributed by atoms with E-state index < -0.39 is 5.41 Å². The Kier molecular flexibility index (Phi) is 5.03. The van der Waals surface area contributed by atoms with Crippen molar-refractivity contribution < 1.29 is 9.59 Å². The fraction of sp³-hybridized carbons (Fsp3) is 0.182. The highest BCUT2D eigenvalue weighted by Gasteiger charge is 2.38. The Bertz CT molecular complexity index is 1280. The van der Waals surface area contributed by atoms with Crippen LogP contribution in [0, 0.1) is 0 Å². The average Bonchev–Trinajstić information content (AvgIpc) is 2.97. The predicted octanol–water partition coefficient (Wildman–Crippen LogP) is 5.47. The summed E-state index contributed by atoms with van der Waals surface area (Å²) in [6.45, 7) is 3.78. The van der Waals surface area contributed by atoms with Gasteiger partial charge in [0.2, 0.25) is 11.9 Å². The van der Waals surface area contributed by atoms with E-state index in [4.69, 9.17) is 23.2 Å². The minimum Gasteiger partial charge on any atom is -0.325 e. The quantitative estimate of drug-likeness (QED) is 0.478. The molecule has 0 fully saturated rings. The minimum atomic E-state index is -0.566. The Balaban J connectivity index is 1.40. The lowest BCUT2D eigenvalue weighted by molar-refractivity contribution is -0.119. The van der Waals surface area contributed by atoms with Gasteiger partial charge in [-0.25, -0.2) is 9.97 Å². The predicted molar refractivity (Wildman–Crippen MR) is 127 cm³/mol. The number of para-hydroxylation sites is 1. The lowest BCUT2D eigenvalue weighted by atomic mass is 9.86. The van der Waals surface area contributed by atoms with E-state index in [2.05, 4.69) is 20.6 Å². The van der Waals surface area contributed by atoms with Gasteiger partial charge in [0.15, 0.2) is 0 Å². The van der Waals surface area contributed by atoms with Crippen LogP contribution in [0.5, 0.6) is 0 Å². The standard InChI is InChI=1S/C22H17Cl2N5O2S/c1-22(2)13-7-6-11(8-16(13)27-20(22)31)26-21-25-9-12-18(28-21)32-10-29(19(12)30)17-14(23)4-3-5-15(17)24/h3-9H,10H2,1-2H3,(H,27,31)(H,25,26,28). The van der Waals surface area contributed by atoms with Crippen LogP contribution in [-0.2, 0) is 10.2 Å². The van der Waals surface area contributed by atoms with Crippen LogP contribution in [-0.4, -0.2) is 27.7 Å². The molecule has 162 valence electrons. The summed E-state index contributed by atoms with van der Waals surface area (Å²) < 4.78 is 0. The first kappa shape index (κ1) is 21.1. The van der Waals surface area contributed by atoms with E-state index >= 15 is 0 Å². The normalized spacial score (nSPS) is 16.4. The molecule has 0 unspecified atom stereocenters. The van der Waals surface area contributed by atoms with Gasteiger partial charge in [-0.05, 0) is 43.7 Å². The van der Waals surface area contributed by atoms with Crippen LogP contribution in [0.25, 0.3) is 0 Å². The number of nitrogens with one attached hydrogen (secondary N) is 2. The molecular formula is C22H17Cl2N5O2S. The number of amides is 2. The maximum Gasteiger partial charge on any atom is 0.263 e. The van der Waals surface area contributed by atoms with Gasteiger partial charge in [0.05, 0.1) is 32.6 Å². The first-order chi connectivity index (χ1) is 15.3. The first-order valence-corrected chi connectivity index (χ1v) is 11.5. The maximum absolute atomic E-state index is 13.1. The number of fused-ring (bicyclic) bond motifs is 2. The van der Waals surface area contributed by atoms with Crippen LogP contribution in [0.1, 0.15) is 29.8 Å². The lowest BCUT2D eigenvalue weighted by Crippen LogP contribution is -2.35. The number of nitrogens with zero attached hydrogens (tertiary/aromatic N) is 3. The third kappa shape index (κ3) is 3.39. The Morgan fingerprint density at radius 2 is 1.91 bits per heavy atom. The number of anilines is 4. The number of benzene rings is 2. The molecule has 2 aliphatic heterocycles. The molecule has 2 aromatic carbocycles. The molecule has 5 rings (SSSR count). The Morgan fingerprint density at radius 1 is 1.16 bits per heavy atom. The van der Waals surface area contributed by atoms with E-state index in [1.165, 1.54) is 22.9 Å². The number of carbonyl (C=O) groups excluding carboxylic acids is 2. The molecule has 3 heterocycles. The van der Waals surface area contributed by atoms with Crippen LogP contribution >= 0.6 is 35.0 Å². The summed E-state index contributed by atoms with van der Waals surface area (Å²) in [6.07, 6.45) is 1.50. The number of thioether (sulfide) groups is 1. The molecule has 7 nitrogen and oxygen atoms in total. The van der Waals surface area contributed by atoms with Crippen molar-refractivity contribution in [3.8, 4) is 0 Å². The van der Waals surface area contributed by atoms with Crippen molar-refractivity contribution in [2.45, 2.75) is 24.3 Å². The zero-order valence-electron chi connectivity index (χ0n) is 17.1. The molecule has 10 heteroatoms. The molecule has 0 atom stereocenters. The molecular weight excluding hydrogens is 469 g/mol. The number of hydrogen-bond acceptors (Lipinski definition) is 6. The maximum atomic E-state index is 13.1. The van der Waals surface area contributed by atoms with E-state index in [9.17, 15) is 9.59 Å². The van der Waals surface area contributed by atoms with E-state index in [1.807, 2.05) is 32.0 Å². The third-order valence-corrected chi connectivity index (χ3v) is 7.11. The molecule has 1 aromatic heterocycles. The molecule has 2 aliphatic rings. The topological polar surface area (TPSA) is 87.2 Å². The van der Waals surface area contributed by atoms with Gasteiger partial charge in [0, 0.05) is 17.6 Å². The van der Waals surface area contributed by atoms with E-state index in [1.54, 1.807) is 18.2 Å². The van der Waals surface area contributed by atoms with Crippen molar-refractivity contribution in [1.82, 2.24) is 9.97 Å². The number of carbonyl (C=O) groups is 2. The highest BCUT2D eigenvalue weighted by molar-refractivity contribution is 7.99. The number of halogens is 2. The van der Waals surface area contributed by atoms with Gasteiger partial charge in [-0.1, -0.05) is 47.1 Å². The largest absolute Gasteiger partial charge is 0.325 e. The van der Waals surface area contributed by atoms with Gasteiger partial charge < -0.3 is 10.6 Å². The summed E-state index contributed by atoms with van der Waals surface area (Å²) in [4.78, 5) is 35.6. The van der Waals surface area contributed by atoms with Gasteiger partial charge >= 0.3 is 0 Å². The number of aromatic nitrogens is 2. The van der Waals surface area contributed by atoms with Crippen LogP contribution in [0.3, 0.4) is 0 Å². The van der Waals surface area contributed by atoms with Crippen molar-refractivity contribution in [1.29, 1.82) is 0 Å². The van der Waals surface area contributed by atoms with Crippen molar-refractivity contribution in [3.63, 3.8) is 0 Å². The molecule has 2 N–H and O–H groups in total. The molecule has 0 saturated heterocycles. The van der Waals surface area contributed by atoms with Gasteiger partial charge in [-0.2, -0.15) is 0 Å². The molecule has 0 saturated carbocycles.